The highest BCUT2D eigenvalue weighted by molar-refractivity contribution is 9.10. The maximum Gasteiger partial charge on any atom is 0.331 e. The number of esters is 1. The van der Waals surface area contributed by atoms with Gasteiger partial charge in [0.1, 0.15) is 11.3 Å². The molecule has 0 unspecified atom stereocenters. The lowest BCUT2D eigenvalue weighted by atomic mass is 9.98. The number of fused-ring (bicyclic) bond motifs is 1. The third-order valence-corrected chi connectivity index (χ3v) is 5.42. The van der Waals surface area contributed by atoms with E-state index in [1.54, 1.807) is 0 Å². The van der Waals surface area contributed by atoms with Gasteiger partial charge in [0.15, 0.2) is 6.61 Å². The van der Waals surface area contributed by atoms with Crippen molar-refractivity contribution in [3.8, 4) is 5.75 Å². The van der Waals surface area contributed by atoms with Gasteiger partial charge < -0.3 is 14.8 Å². The Bertz CT molecular complexity index is 799. The molecule has 0 atom stereocenters. The molecule has 3 rings (SSSR count). The van der Waals surface area contributed by atoms with Gasteiger partial charge in [0, 0.05) is 0 Å². The molecule has 2 aromatic rings. The maximum absolute atomic E-state index is 12.3. The van der Waals surface area contributed by atoms with E-state index in [0.717, 1.165) is 28.1 Å². The summed E-state index contributed by atoms with van der Waals surface area (Å²) in [5, 5.41) is 4.92. The largest absolute Gasteiger partial charge is 0.483 e. The van der Waals surface area contributed by atoms with Crippen molar-refractivity contribution in [2.45, 2.75) is 31.2 Å². The quantitative estimate of drug-likeness (QED) is 0.771. The molecule has 0 spiro atoms. The van der Waals surface area contributed by atoms with Crippen molar-refractivity contribution < 1.29 is 19.1 Å². The second kappa shape index (κ2) is 7.44. The summed E-state index contributed by atoms with van der Waals surface area (Å²) in [6.07, 6.45) is 3.00. The molecular formula is C19H20BrNO4. The first-order valence-corrected chi connectivity index (χ1v) is 9.04. The minimum Gasteiger partial charge on any atom is -0.483 e. The van der Waals surface area contributed by atoms with Crippen molar-refractivity contribution in [2.75, 3.05) is 13.7 Å². The van der Waals surface area contributed by atoms with E-state index in [-0.39, 0.29) is 18.5 Å². The van der Waals surface area contributed by atoms with Crippen molar-refractivity contribution in [3.05, 3.63) is 40.9 Å². The lowest BCUT2D eigenvalue weighted by Crippen LogP contribution is -2.54. The molecular weight excluding hydrogens is 386 g/mol. The fourth-order valence-corrected chi connectivity index (χ4v) is 3.93. The Hall–Kier alpha value is -2.08. The molecule has 0 heterocycles. The number of benzene rings is 2. The Morgan fingerprint density at radius 1 is 1.16 bits per heavy atom. The number of amides is 1. The van der Waals surface area contributed by atoms with Gasteiger partial charge in [-0.3, -0.25) is 4.79 Å². The summed E-state index contributed by atoms with van der Waals surface area (Å²) in [6.45, 7) is -0.157. The Kier molecular flexibility index (Phi) is 5.27. The van der Waals surface area contributed by atoms with Crippen molar-refractivity contribution in [1.29, 1.82) is 0 Å². The zero-order valence-corrected chi connectivity index (χ0v) is 15.6. The van der Waals surface area contributed by atoms with Crippen LogP contribution in [0.1, 0.15) is 25.7 Å². The second-order valence-corrected chi connectivity index (χ2v) is 7.01. The Labute approximate surface area is 154 Å². The van der Waals surface area contributed by atoms with E-state index >= 15 is 0 Å². The highest BCUT2D eigenvalue weighted by atomic mass is 79.9. The van der Waals surface area contributed by atoms with E-state index < -0.39 is 5.54 Å². The first-order valence-electron chi connectivity index (χ1n) is 8.25. The minimum atomic E-state index is -0.907. The van der Waals surface area contributed by atoms with Crippen molar-refractivity contribution in [1.82, 2.24) is 5.32 Å². The fraction of sp³-hybridized carbons (Fsp3) is 0.368. The molecule has 1 N–H and O–H groups in total. The third-order valence-electron chi connectivity index (χ3n) is 4.60. The second-order valence-electron chi connectivity index (χ2n) is 6.22. The predicted molar refractivity (Wildman–Crippen MR) is 98.5 cm³/mol. The summed E-state index contributed by atoms with van der Waals surface area (Å²) in [6, 6.07) is 11.7. The molecule has 0 aliphatic heterocycles. The van der Waals surface area contributed by atoms with Gasteiger partial charge in [-0.1, -0.05) is 43.2 Å². The predicted octanol–water partition coefficient (Wildman–Crippen LogP) is 3.58. The number of rotatable bonds is 5. The molecule has 1 amide bonds. The van der Waals surface area contributed by atoms with Crippen LogP contribution in [0.2, 0.25) is 0 Å². The topological polar surface area (TPSA) is 64.6 Å². The van der Waals surface area contributed by atoms with E-state index in [1.165, 1.54) is 7.11 Å². The first kappa shape index (κ1) is 17.7. The average Bonchev–Trinajstić information content (AvgIpc) is 3.10. The van der Waals surface area contributed by atoms with E-state index in [2.05, 4.69) is 21.2 Å². The van der Waals surface area contributed by atoms with Gasteiger partial charge in [0.05, 0.1) is 11.6 Å². The van der Waals surface area contributed by atoms with E-state index in [4.69, 9.17) is 9.47 Å². The summed E-state index contributed by atoms with van der Waals surface area (Å²) < 4.78 is 11.3. The number of hydrogen-bond donors (Lipinski definition) is 1. The summed E-state index contributed by atoms with van der Waals surface area (Å²) in [7, 11) is 1.34. The first-order chi connectivity index (χ1) is 12.1. The Morgan fingerprint density at radius 3 is 2.60 bits per heavy atom. The van der Waals surface area contributed by atoms with Crippen LogP contribution in [0.15, 0.2) is 40.9 Å². The molecule has 25 heavy (non-hydrogen) atoms. The zero-order chi connectivity index (χ0) is 17.9. The van der Waals surface area contributed by atoms with Gasteiger partial charge in [-0.2, -0.15) is 0 Å². The number of carbonyl (C=O) groups is 2. The fourth-order valence-electron chi connectivity index (χ4n) is 3.33. The number of carbonyl (C=O) groups excluding carboxylic acids is 2. The zero-order valence-electron chi connectivity index (χ0n) is 14.0. The van der Waals surface area contributed by atoms with E-state index in [1.807, 2.05) is 36.4 Å². The molecule has 1 aliphatic rings. The highest BCUT2D eigenvalue weighted by Crippen LogP contribution is 2.33. The summed E-state index contributed by atoms with van der Waals surface area (Å²) in [4.78, 5) is 24.4. The smallest absolute Gasteiger partial charge is 0.331 e. The van der Waals surface area contributed by atoms with Crippen LogP contribution in [0.3, 0.4) is 0 Å². The minimum absolute atomic E-state index is 0.157. The van der Waals surface area contributed by atoms with Crippen molar-refractivity contribution in [2.24, 2.45) is 0 Å². The molecule has 1 saturated carbocycles. The Morgan fingerprint density at radius 2 is 1.88 bits per heavy atom. The molecule has 1 aliphatic carbocycles. The molecule has 6 heteroatoms. The van der Waals surface area contributed by atoms with Gasteiger partial charge in [-0.25, -0.2) is 4.79 Å². The Balaban J connectivity index is 1.68. The summed E-state index contributed by atoms with van der Waals surface area (Å²) in [5.41, 5.74) is -0.907. The van der Waals surface area contributed by atoms with Crippen molar-refractivity contribution in [3.63, 3.8) is 0 Å². The molecule has 0 saturated heterocycles. The van der Waals surface area contributed by atoms with Gasteiger partial charge in [0.2, 0.25) is 0 Å². The molecule has 2 aromatic carbocycles. The van der Waals surface area contributed by atoms with Gasteiger partial charge in [-0.15, -0.1) is 0 Å². The number of methoxy groups -OCH3 is 1. The van der Waals surface area contributed by atoms with E-state index in [0.29, 0.717) is 18.6 Å². The number of hydrogen-bond acceptors (Lipinski definition) is 4. The van der Waals surface area contributed by atoms with Crippen LogP contribution in [-0.4, -0.2) is 31.1 Å². The monoisotopic (exact) mass is 405 g/mol. The molecule has 0 radical (unpaired) electrons. The average molecular weight is 406 g/mol. The van der Waals surface area contributed by atoms with Crippen LogP contribution in [0.4, 0.5) is 0 Å². The van der Waals surface area contributed by atoms with Crippen LogP contribution in [0.25, 0.3) is 10.8 Å². The molecule has 1 fully saturated rings. The van der Waals surface area contributed by atoms with Gasteiger partial charge in [-0.05, 0) is 45.6 Å². The molecule has 0 bridgehead atoms. The maximum atomic E-state index is 12.3. The lowest BCUT2D eigenvalue weighted by molar-refractivity contribution is -0.151. The van der Waals surface area contributed by atoms with E-state index in [9.17, 15) is 9.59 Å². The van der Waals surface area contributed by atoms with Crippen LogP contribution in [-0.2, 0) is 14.3 Å². The van der Waals surface area contributed by atoms with Crippen LogP contribution in [0.5, 0.6) is 5.75 Å². The standard InChI is InChI=1S/C19H20BrNO4/c1-24-18(23)19(10-4-5-11-19)21-16(22)12-25-15-9-8-13-6-2-3-7-14(13)17(15)20/h2-3,6-9H,4-5,10-12H2,1H3,(H,21,22). The normalized spacial score (nSPS) is 15.8. The molecule has 0 aromatic heterocycles. The van der Waals surface area contributed by atoms with Crippen LogP contribution < -0.4 is 10.1 Å². The summed E-state index contributed by atoms with van der Waals surface area (Å²) in [5.74, 6) is -0.120. The van der Waals surface area contributed by atoms with Crippen LogP contribution >= 0.6 is 15.9 Å². The SMILES string of the molecule is COC(=O)C1(NC(=O)COc2ccc3ccccc3c2Br)CCCC1. The molecule has 5 nitrogen and oxygen atoms in total. The number of ether oxygens (including phenoxy) is 2. The van der Waals surface area contributed by atoms with Gasteiger partial charge >= 0.3 is 5.97 Å². The van der Waals surface area contributed by atoms with Crippen molar-refractivity contribution >= 4 is 38.6 Å². The number of nitrogens with one attached hydrogen (secondary N) is 1. The van der Waals surface area contributed by atoms with Gasteiger partial charge in [0.25, 0.3) is 5.91 Å². The van der Waals surface area contributed by atoms with Crippen LogP contribution in [0, 0.1) is 0 Å². The summed E-state index contributed by atoms with van der Waals surface area (Å²) >= 11 is 3.53. The highest BCUT2D eigenvalue weighted by Gasteiger charge is 2.43. The lowest BCUT2D eigenvalue weighted by Gasteiger charge is -2.27. The third kappa shape index (κ3) is 3.63. The number of halogens is 1. The molecule has 132 valence electrons.